The third-order valence-corrected chi connectivity index (χ3v) is 5.28. The summed E-state index contributed by atoms with van der Waals surface area (Å²) in [5, 5.41) is 9.93. The van der Waals surface area contributed by atoms with Crippen LogP contribution in [0.1, 0.15) is 24.9 Å². The minimum absolute atomic E-state index is 0.105. The van der Waals surface area contributed by atoms with Gasteiger partial charge in [-0.05, 0) is 41.8 Å². The van der Waals surface area contributed by atoms with Crippen molar-refractivity contribution in [3.8, 4) is 11.1 Å². The van der Waals surface area contributed by atoms with Gasteiger partial charge in [0.25, 0.3) is 0 Å². The Balaban J connectivity index is 1.74. The van der Waals surface area contributed by atoms with Gasteiger partial charge in [0.15, 0.2) is 0 Å². The minimum atomic E-state index is 0.105. The SMILES string of the molecule is CC[C@H](c1ccccc1)n1nnc2cnc3ccc(-c4ccc(N)nc4)cc3c21. The first-order chi connectivity index (χ1) is 14.2. The van der Waals surface area contributed by atoms with Gasteiger partial charge in [0.1, 0.15) is 16.9 Å². The van der Waals surface area contributed by atoms with Crippen LogP contribution in [0.5, 0.6) is 0 Å². The van der Waals surface area contributed by atoms with Crippen molar-refractivity contribution in [3.05, 3.63) is 78.6 Å². The summed E-state index contributed by atoms with van der Waals surface area (Å²) in [6.07, 6.45) is 4.50. The van der Waals surface area contributed by atoms with E-state index in [9.17, 15) is 0 Å². The number of rotatable bonds is 4. The summed E-state index contributed by atoms with van der Waals surface area (Å²) in [5.41, 5.74) is 11.7. The number of pyridine rings is 2. The first kappa shape index (κ1) is 17.3. The number of benzene rings is 2. The van der Waals surface area contributed by atoms with E-state index in [4.69, 9.17) is 5.73 Å². The average Bonchev–Trinajstić information content (AvgIpc) is 3.20. The molecule has 2 aromatic carbocycles. The zero-order valence-electron chi connectivity index (χ0n) is 16.0. The van der Waals surface area contributed by atoms with Crippen LogP contribution in [0.4, 0.5) is 5.82 Å². The Morgan fingerprint density at radius 2 is 1.72 bits per heavy atom. The first-order valence-corrected chi connectivity index (χ1v) is 9.65. The number of aromatic nitrogens is 5. The monoisotopic (exact) mass is 380 g/mol. The summed E-state index contributed by atoms with van der Waals surface area (Å²) in [7, 11) is 0. The molecule has 0 saturated carbocycles. The minimum Gasteiger partial charge on any atom is -0.384 e. The van der Waals surface area contributed by atoms with E-state index in [2.05, 4.69) is 63.6 Å². The lowest BCUT2D eigenvalue weighted by atomic mass is 10.0. The molecule has 1 atom stereocenters. The second-order valence-corrected chi connectivity index (χ2v) is 7.06. The van der Waals surface area contributed by atoms with Crippen LogP contribution < -0.4 is 5.73 Å². The molecule has 6 heteroatoms. The smallest absolute Gasteiger partial charge is 0.132 e. The van der Waals surface area contributed by atoms with Crippen LogP contribution in [-0.2, 0) is 0 Å². The van der Waals surface area contributed by atoms with Gasteiger partial charge in [0.05, 0.1) is 17.8 Å². The molecule has 0 radical (unpaired) electrons. The predicted molar refractivity (Wildman–Crippen MR) is 115 cm³/mol. The zero-order valence-corrected chi connectivity index (χ0v) is 16.0. The zero-order chi connectivity index (χ0) is 19.8. The van der Waals surface area contributed by atoms with Crippen LogP contribution in [0, 0.1) is 0 Å². The van der Waals surface area contributed by atoms with Gasteiger partial charge in [-0.15, -0.1) is 5.10 Å². The summed E-state index contributed by atoms with van der Waals surface area (Å²) in [6.45, 7) is 2.17. The molecular weight excluding hydrogens is 360 g/mol. The highest BCUT2D eigenvalue weighted by Gasteiger charge is 2.18. The van der Waals surface area contributed by atoms with Crippen molar-refractivity contribution >= 4 is 27.8 Å². The molecule has 0 amide bonds. The summed E-state index contributed by atoms with van der Waals surface area (Å²) in [6, 6.07) is 20.5. The van der Waals surface area contributed by atoms with E-state index in [0.717, 1.165) is 39.5 Å². The van der Waals surface area contributed by atoms with Crippen molar-refractivity contribution in [2.75, 3.05) is 5.73 Å². The second kappa shape index (κ2) is 6.98. The van der Waals surface area contributed by atoms with Crippen molar-refractivity contribution in [2.45, 2.75) is 19.4 Å². The third kappa shape index (κ3) is 2.99. The van der Waals surface area contributed by atoms with E-state index in [-0.39, 0.29) is 6.04 Å². The summed E-state index contributed by atoms with van der Waals surface area (Å²) < 4.78 is 2.03. The van der Waals surface area contributed by atoms with Crippen molar-refractivity contribution in [1.29, 1.82) is 0 Å². The number of nitrogen functional groups attached to an aromatic ring is 1. The standard InChI is InChI=1S/C23H20N6/c1-2-21(15-6-4-3-5-7-15)29-23-18-12-16(17-9-11-22(24)26-13-17)8-10-19(18)25-14-20(23)27-28-29/h3-14,21H,2H2,1H3,(H2,24,26)/t21-/m1/s1. The molecule has 5 aromatic rings. The molecule has 0 unspecified atom stereocenters. The third-order valence-electron chi connectivity index (χ3n) is 5.28. The highest BCUT2D eigenvalue weighted by molar-refractivity contribution is 6.03. The molecule has 0 aliphatic rings. The molecule has 3 aromatic heterocycles. The van der Waals surface area contributed by atoms with E-state index in [1.807, 2.05) is 28.9 Å². The van der Waals surface area contributed by atoms with E-state index in [1.54, 1.807) is 12.4 Å². The number of fused-ring (bicyclic) bond motifs is 3. The highest BCUT2D eigenvalue weighted by Crippen LogP contribution is 2.31. The number of anilines is 1. The molecule has 5 rings (SSSR count). The summed E-state index contributed by atoms with van der Waals surface area (Å²) in [5.74, 6) is 0.509. The fraction of sp³-hybridized carbons (Fsp3) is 0.130. The van der Waals surface area contributed by atoms with E-state index in [0.29, 0.717) is 5.82 Å². The number of nitrogens with zero attached hydrogens (tertiary/aromatic N) is 5. The molecule has 142 valence electrons. The molecule has 0 fully saturated rings. The molecule has 0 aliphatic carbocycles. The Hall–Kier alpha value is -3.80. The molecule has 0 aliphatic heterocycles. The van der Waals surface area contributed by atoms with Gasteiger partial charge in [-0.25, -0.2) is 9.67 Å². The van der Waals surface area contributed by atoms with Crippen LogP contribution in [-0.4, -0.2) is 25.0 Å². The Morgan fingerprint density at radius 1 is 0.897 bits per heavy atom. The Kier molecular flexibility index (Phi) is 4.17. The van der Waals surface area contributed by atoms with Gasteiger partial charge in [0, 0.05) is 17.1 Å². The van der Waals surface area contributed by atoms with Crippen molar-refractivity contribution in [2.24, 2.45) is 0 Å². The Morgan fingerprint density at radius 3 is 2.48 bits per heavy atom. The van der Waals surface area contributed by atoms with Crippen molar-refractivity contribution < 1.29 is 0 Å². The fourth-order valence-electron chi connectivity index (χ4n) is 3.82. The maximum Gasteiger partial charge on any atom is 0.132 e. The van der Waals surface area contributed by atoms with Gasteiger partial charge in [0.2, 0.25) is 0 Å². The average molecular weight is 380 g/mol. The predicted octanol–water partition coefficient (Wildman–Crippen LogP) is 4.62. The van der Waals surface area contributed by atoms with Gasteiger partial charge in [-0.2, -0.15) is 0 Å². The lowest BCUT2D eigenvalue weighted by Gasteiger charge is -2.17. The number of nitrogens with two attached hydrogens (primary N) is 1. The van der Waals surface area contributed by atoms with Gasteiger partial charge in [-0.1, -0.05) is 48.5 Å². The van der Waals surface area contributed by atoms with E-state index < -0.39 is 0 Å². The first-order valence-electron chi connectivity index (χ1n) is 9.65. The molecule has 0 saturated heterocycles. The Labute approximate surface area is 168 Å². The van der Waals surface area contributed by atoms with Crippen molar-refractivity contribution in [3.63, 3.8) is 0 Å². The normalized spacial score (nSPS) is 12.4. The van der Waals surface area contributed by atoms with Crippen LogP contribution in [0.2, 0.25) is 0 Å². The molecule has 3 heterocycles. The quantitative estimate of drug-likeness (QED) is 0.492. The number of hydrogen-bond donors (Lipinski definition) is 1. The second-order valence-electron chi connectivity index (χ2n) is 7.06. The van der Waals surface area contributed by atoms with E-state index >= 15 is 0 Å². The van der Waals surface area contributed by atoms with Crippen LogP contribution in [0.3, 0.4) is 0 Å². The van der Waals surface area contributed by atoms with Gasteiger partial charge < -0.3 is 5.73 Å². The van der Waals surface area contributed by atoms with Crippen molar-refractivity contribution in [1.82, 2.24) is 25.0 Å². The lowest BCUT2D eigenvalue weighted by molar-refractivity contribution is 0.509. The maximum absolute atomic E-state index is 5.74. The lowest BCUT2D eigenvalue weighted by Crippen LogP contribution is -2.11. The Bertz CT molecular complexity index is 1290. The van der Waals surface area contributed by atoms with E-state index in [1.165, 1.54) is 5.56 Å². The molecular formula is C23H20N6. The van der Waals surface area contributed by atoms with Gasteiger partial charge >= 0.3 is 0 Å². The summed E-state index contributed by atoms with van der Waals surface area (Å²) in [4.78, 5) is 8.80. The molecule has 29 heavy (non-hydrogen) atoms. The van der Waals surface area contributed by atoms with Crippen LogP contribution >= 0.6 is 0 Å². The topological polar surface area (TPSA) is 82.5 Å². The number of hydrogen-bond acceptors (Lipinski definition) is 5. The summed E-state index contributed by atoms with van der Waals surface area (Å²) >= 11 is 0. The molecule has 2 N–H and O–H groups in total. The molecule has 6 nitrogen and oxygen atoms in total. The maximum atomic E-state index is 5.74. The highest BCUT2D eigenvalue weighted by atomic mass is 15.4. The molecule has 0 bridgehead atoms. The van der Waals surface area contributed by atoms with Gasteiger partial charge in [-0.3, -0.25) is 4.98 Å². The van der Waals surface area contributed by atoms with Crippen LogP contribution in [0.15, 0.2) is 73.1 Å². The van der Waals surface area contributed by atoms with Crippen LogP contribution in [0.25, 0.3) is 33.1 Å². The fourth-order valence-corrected chi connectivity index (χ4v) is 3.82. The molecule has 0 spiro atoms. The largest absolute Gasteiger partial charge is 0.384 e.